The Morgan fingerprint density at radius 2 is 2.23 bits per heavy atom. The zero-order valence-corrected chi connectivity index (χ0v) is 7.76. The molecule has 0 fully saturated rings. The maximum absolute atomic E-state index is 11.9. The lowest BCUT2D eigenvalue weighted by molar-refractivity contribution is -0.143. The zero-order valence-electron chi connectivity index (χ0n) is 6.18. The monoisotopic (exact) mass is 256 g/mol. The van der Waals surface area contributed by atoms with Crippen LogP contribution < -0.4 is 0 Å². The molecule has 1 heterocycles. The first-order valence-electron chi connectivity index (χ1n) is 3.17. The van der Waals surface area contributed by atoms with Crippen molar-refractivity contribution in [3.05, 3.63) is 16.4 Å². The van der Waals surface area contributed by atoms with Gasteiger partial charge >= 0.3 is 6.18 Å². The normalized spacial score (nSPS) is 11.7. The van der Waals surface area contributed by atoms with E-state index in [2.05, 4.69) is 21.0 Å². The maximum atomic E-state index is 11.9. The lowest BCUT2D eigenvalue weighted by Gasteiger charge is -2.06. The Morgan fingerprint density at radius 1 is 1.62 bits per heavy atom. The molecule has 0 atom stereocenters. The van der Waals surface area contributed by atoms with Gasteiger partial charge in [0, 0.05) is 6.07 Å². The summed E-state index contributed by atoms with van der Waals surface area (Å²) in [6.07, 6.45) is -3.95. The van der Waals surface area contributed by atoms with Crippen LogP contribution in [0.3, 0.4) is 0 Å². The number of carbonyl (C=O) groups is 1. The van der Waals surface area contributed by atoms with Gasteiger partial charge in [0.05, 0.1) is 0 Å². The Kier molecular flexibility index (Phi) is 2.74. The fraction of sp³-hybridized carbons (Fsp3) is 0.333. The molecule has 1 rings (SSSR count). The molecule has 0 aliphatic heterocycles. The zero-order chi connectivity index (χ0) is 10.1. The molecule has 1 aromatic heterocycles. The third-order valence-electron chi connectivity index (χ3n) is 1.20. The van der Waals surface area contributed by atoms with Crippen LogP contribution >= 0.6 is 15.9 Å². The summed E-state index contributed by atoms with van der Waals surface area (Å²) < 4.78 is 36.4. The van der Waals surface area contributed by atoms with Crippen molar-refractivity contribution >= 4 is 22.2 Å². The average Bonchev–Trinajstić information content (AvgIpc) is 2.29. The second-order valence-corrected chi connectivity index (χ2v) is 3.10. The van der Waals surface area contributed by atoms with Crippen LogP contribution in [0.2, 0.25) is 0 Å². The van der Waals surface area contributed by atoms with Crippen LogP contribution in [-0.4, -0.2) is 22.2 Å². The van der Waals surface area contributed by atoms with Gasteiger partial charge in [-0.05, 0) is 15.9 Å². The molecule has 0 N–H and O–H groups in total. The summed E-state index contributed by atoms with van der Waals surface area (Å²) in [5.41, 5.74) is -0.0314. The van der Waals surface area contributed by atoms with E-state index < -0.39 is 12.7 Å². The fourth-order valence-corrected chi connectivity index (χ4v) is 1.19. The number of hydrogen-bond donors (Lipinski definition) is 0. The molecule has 0 aromatic carbocycles. The highest BCUT2D eigenvalue weighted by molar-refractivity contribution is 9.10. The van der Waals surface area contributed by atoms with Gasteiger partial charge in [-0.2, -0.15) is 18.3 Å². The van der Waals surface area contributed by atoms with Crippen molar-refractivity contribution in [3.8, 4) is 0 Å². The second-order valence-electron chi connectivity index (χ2n) is 2.28. The molecule has 0 aliphatic carbocycles. The van der Waals surface area contributed by atoms with Crippen molar-refractivity contribution in [1.82, 2.24) is 9.78 Å². The van der Waals surface area contributed by atoms with Gasteiger partial charge in [-0.25, -0.2) is 4.68 Å². The van der Waals surface area contributed by atoms with E-state index in [1.807, 2.05) is 0 Å². The summed E-state index contributed by atoms with van der Waals surface area (Å²) in [5.74, 6) is 0. The molecular weight excluding hydrogens is 253 g/mol. The van der Waals surface area contributed by atoms with Crippen LogP contribution in [0.5, 0.6) is 0 Å². The van der Waals surface area contributed by atoms with Crippen LogP contribution in [0.1, 0.15) is 10.5 Å². The first-order chi connectivity index (χ1) is 5.92. The summed E-state index contributed by atoms with van der Waals surface area (Å²) in [6.45, 7) is -1.21. The first kappa shape index (κ1) is 10.2. The number of nitrogens with zero attached hydrogens (tertiary/aromatic N) is 2. The number of rotatable bonds is 2. The standard InChI is InChI=1S/C6H4BrF3N2O/c7-5-1-4(2-13)11-12(5)3-6(8,9)10/h1-2H,3H2. The minimum Gasteiger partial charge on any atom is -0.296 e. The van der Waals surface area contributed by atoms with Gasteiger partial charge < -0.3 is 0 Å². The summed E-state index contributed by atoms with van der Waals surface area (Å²) in [4.78, 5) is 10.2. The summed E-state index contributed by atoms with van der Waals surface area (Å²) >= 11 is 2.85. The molecule has 13 heavy (non-hydrogen) atoms. The largest absolute Gasteiger partial charge is 0.408 e. The molecule has 7 heteroatoms. The molecular formula is C6H4BrF3N2O. The van der Waals surface area contributed by atoms with E-state index in [0.29, 0.717) is 11.0 Å². The SMILES string of the molecule is O=Cc1cc(Br)n(CC(F)(F)F)n1. The lowest BCUT2D eigenvalue weighted by Crippen LogP contribution is -2.18. The molecule has 1 aromatic rings. The Balaban J connectivity index is 2.89. The van der Waals surface area contributed by atoms with Gasteiger partial charge in [0.2, 0.25) is 0 Å². The van der Waals surface area contributed by atoms with E-state index in [9.17, 15) is 18.0 Å². The topological polar surface area (TPSA) is 34.9 Å². The van der Waals surface area contributed by atoms with Crippen LogP contribution in [0.4, 0.5) is 13.2 Å². The third-order valence-corrected chi connectivity index (χ3v) is 1.84. The number of aromatic nitrogens is 2. The van der Waals surface area contributed by atoms with Crippen molar-refractivity contribution in [1.29, 1.82) is 0 Å². The van der Waals surface area contributed by atoms with Crippen molar-refractivity contribution in [2.75, 3.05) is 0 Å². The fourth-order valence-electron chi connectivity index (χ4n) is 0.751. The van der Waals surface area contributed by atoms with E-state index in [1.54, 1.807) is 0 Å². The molecule has 0 aliphatic rings. The van der Waals surface area contributed by atoms with Crippen LogP contribution in [0.25, 0.3) is 0 Å². The highest BCUT2D eigenvalue weighted by atomic mass is 79.9. The minimum absolute atomic E-state index is 0.0314. The highest BCUT2D eigenvalue weighted by Gasteiger charge is 2.29. The van der Waals surface area contributed by atoms with E-state index in [1.165, 1.54) is 6.07 Å². The van der Waals surface area contributed by atoms with Gasteiger partial charge in [0.15, 0.2) is 6.29 Å². The van der Waals surface area contributed by atoms with Gasteiger partial charge in [0.25, 0.3) is 0 Å². The Hall–Kier alpha value is -0.850. The molecule has 0 amide bonds. The van der Waals surface area contributed by atoms with Crippen LogP contribution in [0.15, 0.2) is 10.7 Å². The molecule has 0 unspecified atom stereocenters. The summed E-state index contributed by atoms with van der Waals surface area (Å²) in [6, 6.07) is 1.22. The molecule has 0 spiro atoms. The van der Waals surface area contributed by atoms with Crippen LogP contribution in [-0.2, 0) is 6.54 Å². The molecule has 0 saturated heterocycles. The molecule has 72 valence electrons. The smallest absolute Gasteiger partial charge is 0.296 e. The maximum Gasteiger partial charge on any atom is 0.408 e. The number of hydrogen-bond acceptors (Lipinski definition) is 2. The van der Waals surface area contributed by atoms with Crippen LogP contribution in [0, 0.1) is 0 Å². The van der Waals surface area contributed by atoms with Crippen molar-refractivity contribution in [3.63, 3.8) is 0 Å². The molecule has 0 bridgehead atoms. The predicted molar refractivity (Wildman–Crippen MR) is 41.4 cm³/mol. The van der Waals surface area contributed by atoms with E-state index in [4.69, 9.17) is 0 Å². The van der Waals surface area contributed by atoms with Gasteiger partial charge in [0.1, 0.15) is 16.8 Å². The Bertz CT molecular complexity index is 320. The lowest BCUT2D eigenvalue weighted by atomic mass is 10.5. The van der Waals surface area contributed by atoms with Gasteiger partial charge in [-0.3, -0.25) is 4.79 Å². The van der Waals surface area contributed by atoms with E-state index in [-0.39, 0.29) is 10.3 Å². The quantitative estimate of drug-likeness (QED) is 0.759. The number of halogens is 4. The van der Waals surface area contributed by atoms with E-state index in [0.717, 1.165) is 0 Å². The third kappa shape index (κ3) is 2.83. The van der Waals surface area contributed by atoms with E-state index >= 15 is 0 Å². The molecule has 0 radical (unpaired) electrons. The highest BCUT2D eigenvalue weighted by Crippen LogP contribution is 2.20. The summed E-state index contributed by atoms with van der Waals surface area (Å²) in [7, 11) is 0. The Morgan fingerprint density at radius 3 is 2.62 bits per heavy atom. The number of aldehydes is 1. The minimum atomic E-state index is -4.34. The van der Waals surface area contributed by atoms with Crippen molar-refractivity contribution in [2.45, 2.75) is 12.7 Å². The average molecular weight is 257 g/mol. The van der Waals surface area contributed by atoms with Gasteiger partial charge in [-0.15, -0.1) is 0 Å². The van der Waals surface area contributed by atoms with Gasteiger partial charge in [-0.1, -0.05) is 0 Å². The van der Waals surface area contributed by atoms with Crippen molar-refractivity contribution in [2.24, 2.45) is 0 Å². The number of carbonyl (C=O) groups excluding carboxylic acids is 1. The molecule has 3 nitrogen and oxygen atoms in total. The summed E-state index contributed by atoms with van der Waals surface area (Å²) in [5, 5.41) is 3.40. The number of alkyl halides is 3. The Labute approximate surface area is 79.7 Å². The second kappa shape index (κ2) is 3.49. The van der Waals surface area contributed by atoms with Crippen molar-refractivity contribution < 1.29 is 18.0 Å². The predicted octanol–water partition coefficient (Wildman–Crippen LogP) is 2.02. The first-order valence-corrected chi connectivity index (χ1v) is 3.97. The molecule has 0 saturated carbocycles.